The van der Waals surface area contributed by atoms with E-state index < -0.39 is 12.1 Å². The zero-order valence-corrected chi connectivity index (χ0v) is 16.7. The summed E-state index contributed by atoms with van der Waals surface area (Å²) in [5.74, 6) is -1.96. The van der Waals surface area contributed by atoms with E-state index in [9.17, 15) is 18.0 Å². The summed E-state index contributed by atoms with van der Waals surface area (Å²) in [4.78, 5) is 31.6. The maximum atomic E-state index is 12.7. The number of alkyl halides is 3. The summed E-state index contributed by atoms with van der Waals surface area (Å²) in [7, 11) is 1.91. The smallest absolute Gasteiger partial charge is 0.475 e. The molecule has 3 heterocycles. The summed E-state index contributed by atoms with van der Waals surface area (Å²) in [6.07, 6.45) is 4.01. The molecule has 0 radical (unpaired) electrons. The molecule has 1 saturated carbocycles. The van der Waals surface area contributed by atoms with Crippen LogP contribution in [-0.4, -0.2) is 67.6 Å². The van der Waals surface area contributed by atoms with Crippen molar-refractivity contribution in [3.8, 4) is 0 Å². The Morgan fingerprint density at radius 2 is 1.94 bits per heavy atom. The van der Waals surface area contributed by atoms with Crippen LogP contribution in [0.5, 0.6) is 0 Å². The molecule has 9 nitrogen and oxygen atoms in total. The molecule has 1 unspecified atom stereocenters. The number of aliphatic carboxylic acids is 1. The van der Waals surface area contributed by atoms with Gasteiger partial charge in [-0.3, -0.25) is 14.5 Å². The van der Waals surface area contributed by atoms with Gasteiger partial charge in [0.15, 0.2) is 0 Å². The van der Waals surface area contributed by atoms with Crippen LogP contribution in [0.4, 0.5) is 13.2 Å². The lowest BCUT2D eigenvalue weighted by Gasteiger charge is -2.32. The summed E-state index contributed by atoms with van der Waals surface area (Å²) in [5, 5.41) is 11.5. The van der Waals surface area contributed by atoms with E-state index in [0.717, 1.165) is 18.2 Å². The molecule has 2 aromatic heterocycles. The molecule has 0 saturated heterocycles. The highest BCUT2D eigenvalue weighted by atomic mass is 19.4. The van der Waals surface area contributed by atoms with Crippen LogP contribution in [0, 0.1) is 5.92 Å². The first-order valence-corrected chi connectivity index (χ1v) is 9.60. The van der Waals surface area contributed by atoms with Crippen LogP contribution >= 0.6 is 0 Å². The van der Waals surface area contributed by atoms with Crippen LogP contribution in [0.2, 0.25) is 0 Å². The highest BCUT2D eigenvalue weighted by molar-refractivity contribution is 5.92. The second-order valence-electron chi connectivity index (χ2n) is 7.43. The van der Waals surface area contributed by atoms with Crippen LogP contribution in [0.15, 0.2) is 24.8 Å². The number of carbonyl (C=O) groups excluding carboxylic acids is 1. The van der Waals surface area contributed by atoms with E-state index in [4.69, 9.17) is 14.6 Å². The Kier molecular flexibility index (Phi) is 6.88. The number of aromatic nitrogens is 4. The maximum Gasteiger partial charge on any atom is 0.490 e. The van der Waals surface area contributed by atoms with E-state index in [1.54, 1.807) is 12.4 Å². The fourth-order valence-corrected chi connectivity index (χ4v) is 3.15. The number of nitrogens with zero attached hydrogens (tertiary/aromatic N) is 5. The normalized spacial score (nSPS) is 18.1. The van der Waals surface area contributed by atoms with Crippen LogP contribution in [0.1, 0.15) is 40.5 Å². The topological polar surface area (TPSA) is 110 Å². The summed E-state index contributed by atoms with van der Waals surface area (Å²) >= 11 is 0. The number of carbonyl (C=O) groups is 2. The maximum absolute atomic E-state index is 12.7. The first-order valence-electron chi connectivity index (χ1n) is 9.60. The highest BCUT2D eigenvalue weighted by Crippen LogP contribution is 2.31. The molecule has 0 aromatic carbocycles. The van der Waals surface area contributed by atoms with Gasteiger partial charge >= 0.3 is 12.1 Å². The van der Waals surface area contributed by atoms with Gasteiger partial charge in [-0.15, -0.1) is 0 Å². The molecule has 1 amide bonds. The van der Waals surface area contributed by atoms with E-state index in [1.165, 1.54) is 24.6 Å². The van der Waals surface area contributed by atoms with Gasteiger partial charge in [0.25, 0.3) is 5.91 Å². The van der Waals surface area contributed by atoms with Crippen molar-refractivity contribution in [1.82, 2.24) is 24.6 Å². The largest absolute Gasteiger partial charge is 0.490 e. The number of carboxylic acid groups (broad SMARTS) is 1. The second kappa shape index (κ2) is 9.41. The van der Waals surface area contributed by atoms with Crippen molar-refractivity contribution in [2.45, 2.75) is 31.5 Å². The lowest BCUT2D eigenvalue weighted by molar-refractivity contribution is -0.192. The second-order valence-corrected chi connectivity index (χ2v) is 7.43. The molecular weight excluding hydrogens is 419 g/mol. The zero-order chi connectivity index (χ0) is 22.6. The molecule has 1 aliphatic carbocycles. The third-order valence-electron chi connectivity index (χ3n) is 5.00. The fraction of sp³-hybridized carbons (Fsp3) is 0.526. The molecular formula is C19H22F3N5O4. The van der Waals surface area contributed by atoms with Gasteiger partial charge in [0, 0.05) is 44.1 Å². The van der Waals surface area contributed by atoms with E-state index in [1.807, 2.05) is 22.8 Å². The molecule has 1 N–H and O–H groups in total. The first kappa shape index (κ1) is 22.7. The Morgan fingerprint density at radius 1 is 1.23 bits per heavy atom. The Balaban J connectivity index is 0.000000339. The minimum absolute atomic E-state index is 0.0952. The lowest BCUT2D eigenvalue weighted by Crippen LogP contribution is -2.40. The van der Waals surface area contributed by atoms with Crippen molar-refractivity contribution >= 4 is 11.9 Å². The van der Waals surface area contributed by atoms with Gasteiger partial charge in [0.2, 0.25) is 0 Å². The van der Waals surface area contributed by atoms with Gasteiger partial charge in [0.05, 0.1) is 31.2 Å². The van der Waals surface area contributed by atoms with Crippen LogP contribution in [0.3, 0.4) is 0 Å². The molecule has 1 fully saturated rings. The van der Waals surface area contributed by atoms with Gasteiger partial charge in [-0.1, -0.05) is 0 Å². The monoisotopic (exact) mass is 441 g/mol. The minimum Gasteiger partial charge on any atom is -0.475 e. The van der Waals surface area contributed by atoms with Gasteiger partial charge in [-0.2, -0.15) is 18.3 Å². The number of hydrogen-bond donors (Lipinski definition) is 1. The Hall–Kier alpha value is -3.02. The van der Waals surface area contributed by atoms with Crippen LogP contribution in [0.25, 0.3) is 0 Å². The number of hydrogen-bond acceptors (Lipinski definition) is 6. The number of aryl methyl sites for hydroxylation is 1. The molecule has 31 heavy (non-hydrogen) atoms. The molecule has 1 atom stereocenters. The molecule has 0 spiro atoms. The van der Waals surface area contributed by atoms with E-state index in [2.05, 4.69) is 15.1 Å². The Labute approximate surface area is 175 Å². The van der Waals surface area contributed by atoms with Gasteiger partial charge in [-0.25, -0.2) is 9.78 Å². The van der Waals surface area contributed by atoms with Gasteiger partial charge in [0.1, 0.15) is 5.69 Å². The number of amides is 1. The third kappa shape index (κ3) is 6.00. The number of fused-ring (bicyclic) bond motifs is 1. The van der Waals surface area contributed by atoms with Crippen molar-refractivity contribution in [1.29, 1.82) is 0 Å². The molecule has 4 rings (SSSR count). The van der Waals surface area contributed by atoms with E-state index in [0.29, 0.717) is 25.4 Å². The number of ether oxygens (including phenoxy) is 1. The fourth-order valence-electron chi connectivity index (χ4n) is 3.15. The minimum atomic E-state index is -5.08. The quantitative estimate of drug-likeness (QED) is 0.756. The molecule has 0 bridgehead atoms. The standard InChI is InChI=1S/C17H21N5O2.C2HF3O2/c1-21-16-9-22(17(23)15-7-18-4-5-19-15)8-13(14(16)6-20-21)11-24-10-12-2-3-12;3-2(4,5)1(6)7/h4-7,12-13H,2-3,8-11H2,1H3;(H,6,7). The summed E-state index contributed by atoms with van der Waals surface area (Å²) in [6.45, 7) is 2.61. The third-order valence-corrected chi connectivity index (χ3v) is 5.00. The SMILES string of the molecule is Cn1ncc2c1CN(C(=O)c1cnccn1)CC2COCC1CC1.O=C(O)C(F)(F)F. The molecule has 168 valence electrons. The summed E-state index contributed by atoms with van der Waals surface area (Å²) in [5.41, 5.74) is 2.63. The summed E-state index contributed by atoms with van der Waals surface area (Å²) in [6, 6.07) is 0. The molecule has 1 aliphatic heterocycles. The predicted molar refractivity (Wildman–Crippen MR) is 100.0 cm³/mol. The lowest BCUT2D eigenvalue weighted by atomic mass is 9.95. The highest BCUT2D eigenvalue weighted by Gasteiger charge is 2.38. The average molecular weight is 441 g/mol. The molecule has 2 aliphatic rings. The van der Waals surface area contributed by atoms with E-state index >= 15 is 0 Å². The van der Waals surface area contributed by atoms with Crippen molar-refractivity contribution < 1.29 is 32.6 Å². The zero-order valence-electron chi connectivity index (χ0n) is 16.7. The number of rotatable bonds is 5. The van der Waals surface area contributed by atoms with E-state index in [-0.39, 0.29) is 11.8 Å². The number of halogens is 3. The Morgan fingerprint density at radius 3 is 2.52 bits per heavy atom. The van der Waals surface area contributed by atoms with Crippen molar-refractivity contribution in [3.63, 3.8) is 0 Å². The molecule has 2 aromatic rings. The average Bonchev–Trinajstić information content (AvgIpc) is 3.49. The van der Waals surface area contributed by atoms with Crippen molar-refractivity contribution in [3.05, 3.63) is 41.7 Å². The van der Waals surface area contributed by atoms with Crippen LogP contribution in [-0.2, 0) is 23.1 Å². The summed E-state index contributed by atoms with van der Waals surface area (Å²) < 4.78 is 39.5. The number of carboxylic acids is 1. The Bertz CT molecular complexity index is 915. The first-order chi connectivity index (χ1) is 14.7. The van der Waals surface area contributed by atoms with Gasteiger partial charge < -0.3 is 14.7 Å². The predicted octanol–water partition coefficient (Wildman–Crippen LogP) is 2.01. The van der Waals surface area contributed by atoms with Crippen LogP contribution < -0.4 is 0 Å². The molecule has 12 heteroatoms. The van der Waals surface area contributed by atoms with Crippen molar-refractivity contribution in [2.24, 2.45) is 13.0 Å². The van der Waals surface area contributed by atoms with Crippen molar-refractivity contribution in [2.75, 3.05) is 19.8 Å². The van der Waals surface area contributed by atoms with Gasteiger partial charge in [-0.05, 0) is 18.8 Å².